The molecule has 0 saturated carbocycles. The summed E-state index contributed by atoms with van der Waals surface area (Å²) in [4.78, 5) is 4.28. The monoisotopic (exact) mass is 244 g/mol. The van der Waals surface area contributed by atoms with Crippen LogP contribution in [0, 0.1) is 0 Å². The lowest BCUT2D eigenvalue weighted by Crippen LogP contribution is -1.78. The Labute approximate surface area is 101 Å². The maximum Gasteiger partial charge on any atom is 0.258 e. The Morgan fingerprint density at radius 1 is 1.18 bits per heavy atom. The molecule has 0 bridgehead atoms. The first kappa shape index (κ1) is 10.0. The number of thiophene rings is 1. The number of benzene rings is 1. The van der Waals surface area contributed by atoms with Gasteiger partial charge < -0.3 is 9.63 Å². The molecule has 1 aromatic carbocycles. The summed E-state index contributed by atoms with van der Waals surface area (Å²) >= 11 is 1.58. The van der Waals surface area contributed by atoms with E-state index in [0.717, 1.165) is 5.56 Å². The van der Waals surface area contributed by atoms with Crippen LogP contribution in [-0.4, -0.2) is 15.2 Å². The number of nitrogens with zero attached hydrogens (tertiary/aromatic N) is 2. The number of aromatic nitrogens is 2. The lowest BCUT2D eigenvalue weighted by atomic mass is 10.2. The topological polar surface area (TPSA) is 59.2 Å². The van der Waals surface area contributed by atoms with Gasteiger partial charge in [-0.05, 0) is 29.6 Å². The van der Waals surface area contributed by atoms with Crippen molar-refractivity contribution in [3.05, 3.63) is 41.1 Å². The summed E-state index contributed by atoms with van der Waals surface area (Å²) in [5.74, 6) is 1.14. The van der Waals surface area contributed by atoms with Crippen molar-refractivity contribution in [2.24, 2.45) is 0 Å². The van der Waals surface area contributed by atoms with Crippen LogP contribution in [0.15, 0.2) is 45.6 Å². The second-order valence-electron chi connectivity index (χ2n) is 3.49. The number of hydrogen-bond donors (Lipinski definition) is 1. The van der Waals surface area contributed by atoms with E-state index in [2.05, 4.69) is 10.1 Å². The van der Waals surface area contributed by atoms with Crippen molar-refractivity contribution >= 4 is 11.3 Å². The molecule has 0 aliphatic heterocycles. The number of hydrogen-bond acceptors (Lipinski definition) is 5. The van der Waals surface area contributed by atoms with E-state index in [-0.39, 0.29) is 5.75 Å². The average Bonchev–Trinajstić information content (AvgIpc) is 3.00. The van der Waals surface area contributed by atoms with Crippen molar-refractivity contribution in [1.82, 2.24) is 10.1 Å². The molecule has 0 spiro atoms. The molecule has 0 atom stereocenters. The Morgan fingerprint density at radius 3 is 2.88 bits per heavy atom. The molecule has 2 heterocycles. The fourth-order valence-corrected chi connectivity index (χ4v) is 2.12. The minimum atomic E-state index is 0.179. The third-order valence-electron chi connectivity index (χ3n) is 2.30. The summed E-state index contributed by atoms with van der Waals surface area (Å²) in [6.07, 6.45) is 0. The number of aromatic hydroxyl groups is 1. The van der Waals surface area contributed by atoms with Gasteiger partial charge in [0, 0.05) is 16.5 Å². The number of phenols is 1. The van der Waals surface area contributed by atoms with Gasteiger partial charge in [-0.3, -0.25) is 0 Å². The molecule has 2 aromatic heterocycles. The smallest absolute Gasteiger partial charge is 0.258 e. The first-order valence-corrected chi connectivity index (χ1v) is 5.93. The second-order valence-corrected chi connectivity index (χ2v) is 4.27. The molecule has 3 rings (SSSR count). The van der Waals surface area contributed by atoms with Gasteiger partial charge in [0.05, 0.1) is 0 Å². The minimum Gasteiger partial charge on any atom is -0.508 e. The molecule has 0 radical (unpaired) electrons. The van der Waals surface area contributed by atoms with Crippen molar-refractivity contribution in [3.8, 4) is 28.6 Å². The molecule has 0 saturated heterocycles. The van der Waals surface area contributed by atoms with Gasteiger partial charge in [0.1, 0.15) is 5.75 Å². The van der Waals surface area contributed by atoms with Crippen molar-refractivity contribution in [2.45, 2.75) is 0 Å². The summed E-state index contributed by atoms with van der Waals surface area (Å²) in [6, 6.07) is 8.66. The van der Waals surface area contributed by atoms with Gasteiger partial charge in [-0.1, -0.05) is 11.2 Å². The molecular weight excluding hydrogens is 236 g/mol. The molecule has 4 nitrogen and oxygen atoms in total. The average molecular weight is 244 g/mol. The van der Waals surface area contributed by atoms with Crippen LogP contribution in [0.2, 0.25) is 0 Å². The van der Waals surface area contributed by atoms with Crippen LogP contribution in [0.1, 0.15) is 0 Å². The van der Waals surface area contributed by atoms with E-state index in [0.29, 0.717) is 17.3 Å². The van der Waals surface area contributed by atoms with E-state index in [1.54, 1.807) is 29.5 Å². The number of rotatable bonds is 2. The fourth-order valence-electron chi connectivity index (χ4n) is 1.49. The van der Waals surface area contributed by atoms with E-state index in [4.69, 9.17) is 4.52 Å². The third-order valence-corrected chi connectivity index (χ3v) is 2.98. The highest BCUT2D eigenvalue weighted by Crippen LogP contribution is 2.25. The highest BCUT2D eigenvalue weighted by atomic mass is 32.1. The normalized spacial score (nSPS) is 10.6. The van der Waals surface area contributed by atoms with Gasteiger partial charge >= 0.3 is 0 Å². The first-order valence-electron chi connectivity index (χ1n) is 4.98. The highest BCUT2D eigenvalue weighted by molar-refractivity contribution is 7.08. The van der Waals surface area contributed by atoms with Crippen LogP contribution in [0.4, 0.5) is 0 Å². The summed E-state index contributed by atoms with van der Waals surface area (Å²) in [5, 5.41) is 17.2. The molecule has 0 aliphatic carbocycles. The van der Waals surface area contributed by atoms with Crippen molar-refractivity contribution in [2.75, 3.05) is 0 Å². The summed E-state index contributed by atoms with van der Waals surface area (Å²) < 4.78 is 5.16. The van der Waals surface area contributed by atoms with Crippen LogP contribution in [-0.2, 0) is 0 Å². The minimum absolute atomic E-state index is 0.179. The molecule has 0 unspecified atom stereocenters. The number of phenolic OH excluding ortho intramolecular Hbond substituents is 1. The zero-order valence-electron chi connectivity index (χ0n) is 8.70. The third kappa shape index (κ3) is 1.92. The van der Waals surface area contributed by atoms with Gasteiger partial charge in [0.2, 0.25) is 5.82 Å². The van der Waals surface area contributed by atoms with Gasteiger partial charge in [0.25, 0.3) is 5.89 Å². The van der Waals surface area contributed by atoms with Gasteiger partial charge in [-0.25, -0.2) is 0 Å². The Hall–Kier alpha value is -2.14. The van der Waals surface area contributed by atoms with Crippen molar-refractivity contribution < 1.29 is 9.63 Å². The Kier molecular flexibility index (Phi) is 2.38. The first-order chi connectivity index (χ1) is 8.33. The summed E-state index contributed by atoms with van der Waals surface area (Å²) in [6.45, 7) is 0. The van der Waals surface area contributed by atoms with Crippen molar-refractivity contribution in [3.63, 3.8) is 0 Å². The molecule has 1 N–H and O–H groups in total. The van der Waals surface area contributed by atoms with E-state index in [1.165, 1.54) is 0 Å². The largest absolute Gasteiger partial charge is 0.508 e. The van der Waals surface area contributed by atoms with Crippen LogP contribution in [0.5, 0.6) is 5.75 Å². The van der Waals surface area contributed by atoms with Crippen LogP contribution < -0.4 is 0 Å². The van der Waals surface area contributed by atoms with Crippen LogP contribution in [0.25, 0.3) is 22.8 Å². The highest BCUT2D eigenvalue weighted by Gasteiger charge is 2.10. The van der Waals surface area contributed by atoms with E-state index < -0.39 is 0 Å². The lowest BCUT2D eigenvalue weighted by molar-refractivity contribution is 0.431. The maximum absolute atomic E-state index is 9.38. The quantitative estimate of drug-likeness (QED) is 0.752. The standard InChI is InChI=1S/C12H8N2O2S/c15-10-3-1-2-8(6-10)12-13-11(14-16-12)9-4-5-17-7-9/h1-7,15H. The lowest BCUT2D eigenvalue weighted by Gasteiger charge is -1.94. The Balaban J connectivity index is 2.01. The Morgan fingerprint density at radius 2 is 2.12 bits per heavy atom. The Bertz CT molecular complexity index is 632. The molecule has 5 heteroatoms. The van der Waals surface area contributed by atoms with E-state index in [1.807, 2.05) is 22.9 Å². The fraction of sp³-hybridized carbons (Fsp3) is 0. The van der Waals surface area contributed by atoms with Crippen LogP contribution in [0.3, 0.4) is 0 Å². The summed E-state index contributed by atoms with van der Waals surface area (Å²) in [7, 11) is 0. The molecule has 3 aromatic rings. The van der Waals surface area contributed by atoms with Gasteiger partial charge in [0.15, 0.2) is 0 Å². The maximum atomic E-state index is 9.38. The van der Waals surface area contributed by atoms with E-state index >= 15 is 0 Å². The molecular formula is C12H8N2O2S. The molecule has 17 heavy (non-hydrogen) atoms. The van der Waals surface area contributed by atoms with Crippen LogP contribution >= 0.6 is 11.3 Å². The zero-order valence-corrected chi connectivity index (χ0v) is 9.52. The van der Waals surface area contributed by atoms with Gasteiger partial charge in [-0.15, -0.1) is 0 Å². The summed E-state index contributed by atoms with van der Waals surface area (Å²) in [5.41, 5.74) is 1.64. The van der Waals surface area contributed by atoms with Crippen molar-refractivity contribution in [1.29, 1.82) is 0 Å². The molecule has 84 valence electrons. The second kappa shape index (κ2) is 4.03. The molecule has 0 aliphatic rings. The zero-order chi connectivity index (χ0) is 11.7. The van der Waals surface area contributed by atoms with Gasteiger partial charge in [-0.2, -0.15) is 16.3 Å². The van der Waals surface area contributed by atoms with E-state index in [9.17, 15) is 5.11 Å². The molecule has 0 fully saturated rings. The predicted octanol–water partition coefficient (Wildman–Crippen LogP) is 3.17. The SMILES string of the molecule is Oc1cccc(-c2nc(-c3ccsc3)no2)c1. The predicted molar refractivity (Wildman–Crippen MR) is 64.7 cm³/mol. The molecule has 0 amide bonds.